The molecule has 0 bridgehead atoms. The Labute approximate surface area is 124 Å². The van der Waals surface area contributed by atoms with Crippen LogP contribution in [-0.4, -0.2) is 22.2 Å². The van der Waals surface area contributed by atoms with Gasteiger partial charge in [-0.15, -0.1) is 0 Å². The van der Waals surface area contributed by atoms with Crippen LogP contribution in [0.1, 0.15) is 37.7 Å². The van der Waals surface area contributed by atoms with Gasteiger partial charge in [0.05, 0.1) is 6.42 Å². The summed E-state index contributed by atoms with van der Waals surface area (Å²) in [6.45, 7) is 0. The fourth-order valence-corrected chi connectivity index (χ4v) is 2.76. The van der Waals surface area contributed by atoms with Crippen LogP contribution >= 0.6 is 12.2 Å². The number of hydrogen-bond acceptors (Lipinski definition) is 2. The molecule has 5 heteroatoms. The molecule has 1 aliphatic rings. The van der Waals surface area contributed by atoms with Crippen molar-refractivity contribution in [2.45, 2.75) is 44.6 Å². The summed E-state index contributed by atoms with van der Waals surface area (Å²) in [5.41, 5.74) is 1.67. The van der Waals surface area contributed by atoms with Gasteiger partial charge in [0.1, 0.15) is 0 Å². The lowest BCUT2D eigenvalue weighted by molar-refractivity contribution is -0.136. The predicted octanol–water partition coefficient (Wildman–Crippen LogP) is 2.93. The molecule has 1 aromatic rings. The van der Waals surface area contributed by atoms with Crippen molar-refractivity contribution in [3.05, 3.63) is 29.8 Å². The summed E-state index contributed by atoms with van der Waals surface area (Å²) in [7, 11) is 0. The second kappa shape index (κ2) is 7.24. The molecule has 2 rings (SSSR count). The third kappa shape index (κ3) is 4.81. The van der Waals surface area contributed by atoms with Crippen molar-refractivity contribution < 1.29 is 9.90 Å². The molecule has 0 radical (unpaired) electrons. The van der Waals surface area contributed by atoms with Crippen molar-refractivity contribution in [1.29, 1.82) is 0 Å². The Hall–Kier alpha value is -1.62. The minimum atomic E-state index is -0.819. The number of carboxylic acids is 1. The SMILES string of the molecule is O=C(O)Cc1ccc(NC(=S)NC2CCCCC2)cc1. The zero-order chi connectivity index (χ0) is 14.4. The molecular formula is C15H20N2O2S. The van der Waals surface area contributed by atoms with E-state index < -0.39 is 5.97 Å². The zero-order valence-corrected chi connectivity index (χ0v) is 12.2. The van der Waals surface area contributed by atoms with Gasteiger partial charge in [-0.1, -0.05) is 31.4 Å². The Bertz CT molecular complexity index is 467. The number of carboxylic acid groups (broad SMARTS) is 1. The van der Waals surface area contributed by atoms with Gasteiger partial charge in [0.15, 0.2) is 5.11 Å². The van der Waals surface area contributed by atoms with E-state index in [1.807, 2.05) is 12.1 Å². The first-order chi connectivity index (χ1) is 9.63. The highest BCUT2D eigenvalue weighted by atomic mass is 32.1. The smallest absolute Gasteiger partial charge is 0.307 e. The largest absolute Gasteiger partial charge is 0.481 e. The van der Waals surface area contributed by atoms with Crippen LogP contribution in [0.2, 0.25) is 0 Å². The van der Waals surface area contributed by atoms with Gasteiger partial charge in [-0.3, -0.25) is 4.79 Å². The second-order valence-corrected chi connectivity index (χ2v) is 5.61. The van der Waals surface area contributed by atoms with Gasteiger partial charge >= 0.3 is 5.97 Å². The molecule has 1 saturated carbocycles. The first kappa shape index (κ1) is 14.8. The number of nitrogens with one attached hydrogen (secondary N) is 2. The highest BCUT2D eigenvalue weighted by Crippen LogP contribution is 2.17. The average molecular weight is 292 g/mol. The van der Waals surface area contributed by atoms with Crippen LogP contribution in [0.5, 0.6) is 0 Å². The maximum atomic E-state index is 10.6. The first-order valence-electron chi connectivity index (χ1n) is 7.02. The molecule has 0 aromatic heterocycles. The van der Waals surface area contributed by atoms with E-state index in [4.69, 9.17) is 17.3 Å². The van der Waals surface area contributed by atoms with Gasteiger partial charge in [0, 0.05) is 11.7 Å². The lowest BCUT2D eigenvalue weighted by atomic mass is 9.96. The van der Waals surface area contributed by atoms with Crippen molar-refractivity contribution in [1.82, 2.24) is 5.32 Å². The zero-order valence-electron chi connectivity index (χ0n) is 11.4. The minimum Gasteiger partial charge on any atom is -0.481 e. The standard InChI is InChI=1S/C15H20N2O2S/c18-14(19)10-11-6-8-13(9-7-11)17-15(20)16-12-4-2-1-3-5-12/h6-9,12H,1-5,10H2,(H,18,19)(H2,16,17,20). The second-order valence-electron chi connectivity index (χ2n) is 5.20. The van der Waals surface area contributed by atoms with E-state index in [1.54, 1.807) is 12.1 Å². The van der Waals surface area contributed by atoms with E-state index in [-0.39, 0.29) is 6.42 Å². The molecule has 0 atom stereocenters. The molecule has 0 amide bonds. The quantitative estimate of drug-likeness (QED) is 0.745. The molecular weight excluding hydrogens is 272 g/mol. The van der Waals surface area contributed by atoms with Gasteiger partial charge < -0.3 is 15.7 Å². The Morgan fingerprint density at radius 3 is 2.45 bits per heavy atom. The summed E-state index contributed by atoms with van der Waals surface area (Å²) in [5, 5.41) is 15.8. The van der Waals surface area contributed by atoms with Crippen LogP contribution in [0, 0.1) is 0 Å². The van der Waals surface area contributed by atoms with Crippen molar-refractivity contribution in [3.8, 4) is 0 Å². The van der Waals surface area contributed by atoms with Crippen LogP contribution in [-0.2, 0) is 11.2 Å². The fraction of sp³-hybridized carbons (Fsp3) is 0.467. The van der Waals surface area contributed by atoms with Gasteiger partial charge in [-0.05, 0) is 42.8 Å². The maximum absolute atomic E-state index is 10.6. The molecule has 1 aromatic carbocycles. The summed E-state index contributed by atoms with van der Waals surface area (Å²) in [6.07, 6.45) is 6.27. The first-order valence-corrected chi connectivity index (χ1v) is 7.42. The topological polar surface area (TPSA) is 61.4 Å². The van der Waals surface area contributed by atoms with Gasteiger partial charge in [-0.2, -0.15) is 0 Å². The van der Waals surface area contributed by atoms with Crippen LogP contribution < -0.4 is 10.6 Å². The molecule has 4 nitrogen and oxygen atoms in total. The number of rotatable bonds is 4. The monoisotopic (exact) mass is 292 g/mol. The summed E-state index contributed by atoms with van der Waals surface area (Å²) >= 11 is 5.30. The van der Waals surface area contributed by atoms with E-state index in [1.165, 1.54) is 32.1 Å². The molecule has 0 spiro atoms. The lowest BCUT2D eigenvalue weighted by Crippen LogP contribution is -2.38. The summed E-state index contributed by atoms with van der Waals surface area (Å²) < 4.78 is 0. The summed E-state index contributed by atoms with van der Waals surface area (Å²) in [4.78, 5) is 10.6. The molecule has 0 saturated heterocycles. The lowest BCUT2D eigenvalue weighted by Gasteiger charge is -2.24. The summed E-state index contributed by atoms with van der Waals surface area (Å²) in [5.74, 6) is -0.819. The molecule has 20 heavy (non-hydrogen) atoms. The third-order valence-corrected chi connectivity index (χ3v) is 3.73. The number of thiocarbonyl (C=S) groups is 1. The van der Waals surface area contributed by atoms with E-state index in [0.29, 0.717) is 11.2 Å². The Morgan fingerprint density at radius 1 is 1.20 bits per heavy atom. The minimum absolute atomic E-state index is 0.0467. The number of benzene rings is 1. The molecule has 0 aliphatic heterocycles. The van der Waals surface area contributed by atoms with Gasteiger partial charge in [0.2, 0.25) is 0 Å². The third-order valence-electron chi connectivity index (χ3n) is 3.51. The van der Waals surface area contributed by atoms with Gasteiger partial charge in [0.25, 0.3) is 0 Å². The van der Waals surface area contributed by atoms with Crippen molar-refractivity contribution >= 4 is 29.0 Å². The number of hydrogen-bond donors (Lipinski definition) is 3. The van der Waals surface area contributed by atoms with Crippen LogP contribution in [0.3, 0.4) is 0 Å². The van der Waals surface area contributed by atoms with E-state index in [9.17, 15) is 4.79 Å². The van der Waals surface area contributed by atoms with Crippen molar-refractivity contribution in [3.63, 3.8) is 0 Å². The van der Waals surface area contributed by atoms with Crippen LogP contribution in [0.15, 0.2) is 24.3 Å². The molecule has 3 N–H and O–H groups in total. The fourth-order valence-electron chi connectivity index (χ4n) is 2.48. The Kier molecular flexibility index (Phi) is 5.35. The number of carbonyl (C=O) groups is 1. The number of aliphatic carboxylic acids is 1. The van der Waals surface area contributed by atoms with E-state index in [2.05, 4.69) is 10.6 Å². The molecule has 0 unspecified atom stereocenters. The highest BCUT2D eigenvalue weighted by molar-refractivity contribution is 7.80. The summed E-state index contributed by atoms with van der Waals surface area (Å²) in [6, 6.07) is 7.80. The van der Waals surface area contributed by atoms with E-state index in [0.717, 1.165) is 11.3 Å². The molecule has 1 aliphatic carbocycles. The Morgan fingerprint density at radius 2 is 1.85 bits per heavy atom. The molecule has 108 valence electrons. The Balaban J connectivity index is 1.82. The van der Waals surface area contributed by atoms with Crippen LogP contribution in [0.25, 0.3) is 0 Å². The highest BCUT2D eigenvalue weighted by Gasteiger charge is 2.13. The maximum Gasteiger partial charge on any atom is 0.307 e. The van der Waals surface area contributed by atoms with Gasteiger partial charge in [-0.25, -0.2) is 0 Å². The number of anilines is 1. The average Bonchev–Trinajstić information content (AvgIpc) is 2.41. The van der Waals surface area contributed by atoms with Crippen molar-refractivity contribution in [2.24, 2.45) is 0 Å². The van der Waals surface area contributed by atoms with E-state index >= 15 is 0 Å². The predicted molar refractivity (Wildman–Crippen MR) is 84.0 cm³/mol. The molecule has 0 heterocycles. The molecule has 1 fully saturated rings. The van der Waals surface area contributed by atoms with Crippen LogP contribution in [0.4, 0.5) is 5.69 Å². The van der Waals surface area contributed by atoms with Crippen molar-refractivity contribution in [2.75, 3.05) is 5.32 Å². The normalized spacial score (nSPS) is 15.6.